The van der Waals surface area contributed by atoms with E-state index >= 15 is 0 Å². The van der Waals surface area contributed by atoms with Crippen LogP contribution in [0.3, 0.4) is 0 Å². The number of aryl methyl sites for hydroxylation is 3. The van der Waals surface area contributed by atoms with Crippen molar-refractivity contribution >= 4 is 5.69 Å². The Morgan fingerprint density at radius 3 is 2.25 bits per heavy atom. The first-order valence-corrected chi connectivity index (χ1v) is 5.94. The molecule has 1 aromatic rings. The van der Waals surface area contributed by atoms with Gasteiger partial charge in [0.05, 0.1) is 0 Å². The molecule has 0 amide bonds. The van der Waals surface area contributed by atoms with Crippen LogP contribution in [0, 0.1) is 26.7 Å². The maximum absolute atomic E-state index is 5.66. The Balaban J connectivity index is 2.91. The van der Waals surface area contributed by atoms with E-state index in [4.69, 9.17) is 5.73 Å². The quantitative estimate of drug-likeness (QED) is 0.845. The average molecular weight is 220 g/mol. The van der Waals surface area contributed by atoms with Crippen molar-refractivity contribution in [3.05, 3.63) is 28.8 Å². The van der Waals surface area contributed by atoms with E-state index in [1.807, 2.05) is 0 Å². The third-order valence-electron chi connectivity index (χ3n) is 3.21. The molecule has 90 valence electrons. The molecule has 0 aromatic heterocycles. The van der Waals surface area contributed by atoms with Gasteiger partial charge >= 0.3 is 0 Å². The summed E-state index contributed by atoms with van der Waals surface area (Å²) in [5.74, 6) is 0.533. The summed E-state index contributed by atoms with van der Waals surface area (Å²) in [4.78, 5) is 2.30. The van der Waals surface area contributed by atoms with Crippen LogP contribution in [0.25, 0.3) is 0 Å². The highest BCUT2D eigenvalue weighted by Gasteiger charge is 2.09. The molecule has 1 unspecified atom stereocenters. The number of benzene rings is 1. The van der Waals surface area contributed by atoms with Gasteiger partial charge in [-0.1, -0.05) is 13.0 Å². The lowest BCUT2D eigenvalue weighted by molar-refractivity contribution is 0.589. The first-order valence-electron chi connectivity index (χ1n) is 5.94. The molecule has 0 fully saturated rings. The number of nitrogens with zero attached hydrogens (tertiary/aromatic N) is 1. The number of hydrogen-bond acceptors (Lipinski definition) is 2. The van der Waals surface area contributed by atoms with Crippen LogP contribution in [-0.4, -0.2) is 20.1 Å². The molecule has 0 radical (unpaired) electrons. The van der Waals surface area contributed by atoms with Gasteiger partial charge in [-0.2, -0.15) is 0 Å². The van der Waals surface area contributed by atoms with Gasteiger partial charge in [0, 0.05) is 19.3 Å². The predicted octanol–water partition coefficient (Wildman–Crippen LogP) is 2.64. The molecule has 16 heavy (non-hydrogen) atoms. The fourth-order valence-corrected chi connectivity index (χ4v) is 2.00. The van der Waals surface area contributed by atoms with Crippen LogP contribution < -0.4 is 10.6 Å². The second-order valence-electron chi connectivity index (χ2n) is 4.94. The number of nitrogens with two attached hydrogens (primary N) is 1. The molecule has 1 rings (SSSR count). The molecule has 1 aromatic carbocycles. The lowest BCUT2D eigenvalue weighted by Gasteiger charge is -2.25. The van der Waals surface area contributed by atoms with Crippen molar-refractivity contribution < 1.29 is 0 Å². The first kappa shape index (κ1) is 13.0. The second kappa shape index (κ2) is 5.35. The molecule has 0 saturated heterocycles. The zero-order valence-corrected chi connectivity index (χ0v) is 11.2. The second-order valence-corrected chi connectivity index (χ2v) is 4.94. The van der Waals surface area contributed by atoms with Crippen LogP contribution in [0.5, 0.6) is 0 Å². The zero-order valence-electron chi connectivity index (χ0n) is 11.2. The topological polar surface area (TPSA) is 29.3 Å². The standard InChI is InChI=1S/C14H24N2/c1-10(8-15)9-16(5)14-7-12(3)11(2)6-13(14)4/h6-7,10H,8-9,15H2,1-5H3. The van der Waals surface area contributed by atoms with E-state index in [0.717, 1.165) is 13.1 Å². The van der Waals surface area contributed by atoms with Crippen LogP contribution in [0.4, 0.5) is 5.69 Å². The highest BCUT2D eigenvalue weighted by atomic mass is 15.1. The lowest BCUT2D eigenvalue weighted by Crippen LogP contribution is -2.28. The molecule has 0 aliphatic rings. The molecular formula is C14H24N2. The molecule has 0 bridgehead atoms. The van der Waals surface area contributed by atoms with Crippen molar-refractivity contribution in [2.75, 3.05) is 25.0 Å². The maximum Gasteiger partial charge on any atom is 0.0396 e. The smallest absolute Gasteiger partial charge is 0.0396 e. The third kappa shape index (κ3) is 2.99. The Kier molecular flexibility index (Phi) is 4.36. The van der Waals surface area contributed by atoms with Gasteiger partial charge in [-0.15, -0.1) is 0 Å². The largest absolute Gasteiger partial charge is 0.374 e. The van der Waals surface area contributed by atoms with Crippen molar-refractivity contribution in [2.45, 2.75) is 27.7 Å². The Labute approximate surface area is 99.5 Å². The normalized spacial score (nSPS) is 12.6. The highest BCUT2D eigenvalue weighted by Crippen LogP contribution is 2.23. The summed E-state index contributed by atoms with van der Waals surface area (Å²) >= 11 is 0. The zero-order chi connectivity index (χ0) is 12.3. The van der Waals surface area contributed by atoms with E-state index in [1.165, 1.54) is 22.4 Å². The van der Waals surface area contributed by atoms with Gasteiger partial charge in [-0.25, -0.2) is 0 Å². The van der Waals surface area contributed by atoms with E-state index in [0.29, 0.717) is 5.92 Å². The average Bonchev–Trinajstić information content (AvgIpc) is 2.23. The molecule has 2 N–H and O–H groups in total. The summed E-state index contributed by atoms with van der Waals surface area (Å²) in [7, 11) is 2.14. The Morgan fingerprint density at radius 2 is 1.69 bits per heavy atom. The summed E-state index contributed by atoms with van der Waals surface area (Å²) in [5.41, 5.74) is 11.0. The van der Waals surface area contributed by atoms with Crippen molar-refractivity contribution in [2.24, 2.45) is 11.7 Å². The fraction of sp³-hybridized carbons (Fsp3) is 0.571. The van der Waals surface area contributed by atoms with E-state index in [-0.39, 0.29) is 0 Å². The molecule has 2 nitrogen and oxygen atoms in total. The van der Waals surface area contributed by atoms with Gasteiger partial charge in [0.15, 0.2) is 0 Å². The van der Waals surface area contributed by atoms with Crippen molar-refractivity contribution in [3.8, 4) is 0 Å². The highest BCUT2D eigenvalue weighted by molar-refractivity contribution is 5.56. The van der Waals surface area contributed by atoms with E-state index < -0.39 is 0 Å². The lowest BCUT2D eigenvalue weighted by atomic mass is 10.0. The molecular weight excluding hydrogens is 196 g/mol. The van der Waals surface area contributed by atoms with Gasteiger partial charge in [0.2, 0.25) is 0 Å². The molecule has 0 saturated carbocycles. The van der Waals surface area contributed by atoms with Crippen LogP contribution in [0.15, 0.2) is 12.1 Å². The molecule has 0 heterocycles. The molecule has 1 atom stereocenters. The minimum Gasteiger partial charge on any atom is -0.374 e. The summed E-state index contributed by atoms with van der Waals surface area (Å²) < 4.78 is 0. The number of rotatable bonds is 4. The summed E-state index contributed by atoms with van der Waals surface area (Å²) in [5, 5.41) is 0. The van der Waals surface area contributed by atoms with Crippen molar-refractivity contribution in [1.29, 1.82) is 0 Å². The maximum atomic E-state index is 5.66. The van der Waals surface area contributed by atoms with Crippen LogP contribution in [-0.2, 0) is 0 Å². The van der Waals surface area contributed by atoms with E-state index in [1.54, 1.807) is 0 Å². The van der Waals surface area contributed by atoms with Crippen molar-refractivity contribution in [1.82, 2.24) is 0 Å². The Bertz CT molecular complexity index is 358. The minimum atomic E-state index is 0.533. The van der Waals surface area contributed by atoms with Gasteiger partial charge < -0.3 is 10.6 Å². The minimum absolute atomic E-state index is 0.533. The molecule has 0 aliphatic carbocycles. The van der Waals surface area contributed by atoms with Gasteiger partial charge in [-0.05, 0) is 56.0 Å². The molecule has 0 aliphatic heterocycles. The molecule has 0 spiro atoms. The monoisotopic (exact) mass is 220 g/mol. The van der Waals surface area contributed by atoms with Crippen LogP contribution in [0.2, 0.25) is 0 Å². The summed E-state index contributed by atoms with van der Waals surface area (Å²) in [6.07, 6.45) is 0. The molecule has 2 heteroatoms. The third-order valence-corrected chi connectivity index (χ3v) is 3.21. The Morgan fingerprint density at radius 1 is 1.12 bits per heavy atom. The first-order chi connectivity index (χ1) is 7.45. The number of hydrogen-bond donors (Lipinski definition) is 1. The summed E-state index contributed by atoms with van der Waals surface area (Å²) in [6, 6.07) is 4.53. The van der Waals surface area contributed by atoms with E-state index in [2.05, 4.69) is 51.8 Å². The van der Waals surface area contributed by atoms with Gasteiger partial charge in [0.25, 0.3) is 0 Å². The van der Waals surface area contributed by atoms with E-state index in [9.17, 15) is 0 Å². The van der Waals surface area contributed by atoms with Gasteiger partial charge in [-0.3, -0.25) is 0 Å². The predicted molar refractivity (Wildman–Crippen MR) is 72.1 cm³/mol. The fourth-order valence-electron chi connectivity index (χ4n) is 2.00. The number of anilines is 1. The van der Waals surface area contributed by atoms with Crippen molar-refractivity contribution in [3.63, 3.8) is 0 Å². The Hall–Kier alpha value is -1.02. The summed E-state index contributed by atoms with van der Waals surface area (Å²) in [6.45, 7) is 10.4. The van der Waals surface area contributed by atoms with Crippen LogP contribution >= 0.6 is 0 Å². The SMILES string of the molecule is Cc1cc(C)c(N(C)CC(C)CN)cc1C. The van der Waals surface area contributed by atoms with Crippen LogP contribution in [0.1, 0.15) is 23.6 Å². The van der Waals surface area contributed by atoms with Gasteiger partial charge in [0.1, 0.15) is 0 Å².